The van der Waals surface area contributed by atoms with Gasteiger partial charge < -0.3 is 10.6 Å². The number of sulfonamides is 1. The Bertz CT molecular complexity index is 619. The zero-order valence-corrected chi connectivity index (χ0v) is 14.2. The van der Waals surface area contributed by atoms with Crippen LogP contribution in [0.2, 0.25) is 5.02 Å². The molecule has 1 saturated heterocycles. The molecule has 2 atom stereocenters. The van der Waals surface area contributed by atoms with Crippen LogP contribution in [0.25, 0.3) is 0 Å². The molecule has 0 saturated carbocycles. The van der Waals surface area contributed by atoms with Gasteiger partial charge in [-0.3, -0.25) is 0 Å². The van der Waals surface area contributed by atoms with Crippen LogP contribution in [0.4, 0.5) is 0 Å². The summed E-state index contributed by atoms with van der Waals surface area (Å²) < 4.78 is 27.0. The highest BCUT2D eigenvalue weighted by Gasteiger charge is 2.38. The Labute approximate surface area is 131 Å². The van der Waals surface area contributed by atoms with E-state index in [0.717, 1.165) is 5.56 Å². The number of nitrogens with two attached hydrogens (primary N) is 1. The number of hydrogen-bond acceptors (Lipinski definition) is 4. The van der Waals surface area contributed by atoms with Crippen molar-refractivity contribution in [3.63, 3.8) is 0 Å². The van der Waals surface area contributed by atoms with Gasteiger partial charge in [-0.1, -0.05) is 24.6 Å². The number of rotatable bonds is 4. The monoisotopic (exact) mass is 331 g/mol. The van der Waals surface area contributed by atoms with Gasteiger partial charge in [-0.2, -0.15) is 4.31 Å². The smallest absolute Gasteiger partial charge is 0.244 e. The Balaban J connectivity index is 2.31. The quantitative estimate of drug-likeness (QED) is 0.905. The molecule has 1 aliphatic heterocycles. The first-order chi connectivity index (χ1) is 9.77. The molecule has 2 unspecified atom stereocenters. The minimum absolute atomic E-state index is 0.160. The molecule has 118 valence electrons. The highest BCUT2D eigenvalue weighted by molar-refractivity contribution is 7.89. The van der Waals surface area contributed by atoms with Crippen molar-refractivity contribution in [2.75, 3.05) is 27.2 Å². The molecule has 21 heavy (non-hydrogen) atoms. The summed E-state index contributed by atoms with van der Waals surface area (Å²) in [7, 11) is 0.385. The van der Waals surface area contributed by atoms with Gasteiger partial charge in [-0.15, -0.1) is 0 Å². The summed E-state index contributed by atoms with van der Waals surface area (Å²) in [5, 5.41) is 0.235. The van der Waals surface area contributed by atoms with Crippen LogP contribution in [-0.2, 0) is 16.6 Å². The highest BCUT2D eigenvalue weighted by atomic mass is 35.5. The molecule has 0 amide bonds. The van der Waals surface area contributed by atoms with Crippen molar-refractivity contribution in [2.24, 2.45) is 11.7 Å². The molecule has 7 heteroatoms. The molecular weight excluding hydrogens is 310 g/mol. The molecule has 1 fully saturated rings. The summed E-state index contributed by atoms with van der Waals surface area (Å²) in [6, 6.07) is 5.11. The largest absolute Gasteiger partial charge is 0.326 e. The van der Waals surface area contributed by atoms with Crippen LogP contribution in [-0.4, -0.2) is 50.8 Å². The molecule has 0 aliphatic carbocycles. The lowest BCUT2D eigenvalue weighted by atomic mass is 10.1. The van der Waals surface area contributed by atoms with Crippen molar-refractivity contribution >= 4 is 21.6 Å². The minimum Gasteiger partial charge on any atom is -0.326 e. The number of hydrogen-bond donors (Lipinski definition) is 1. The van der Waals surface area contributed by atoms with Gasteiger partial charge in [-0.05, 0) is 37.7 Å². The summed E-state index contributed by atoms with van der Waals surface area (Å²) in [4.78, 5) is 2.23. The van der Waals surface area contributed by atoms with E-state index in [1.807, 2.05) is 14.1 Å². The fraction of sp³-hybridized carbons (Fsp3) is 0.571. The lowest BCUT2D eigenvalue weighted by Crippen LogP contribution is -2.35. The molecule has 5 nitrogen and oxygen atoms in total. The molecule has 0 bridgehead atoms. The zero-order chi connectivity index (χ0) is 15.8. The third-order valence-electron chi connectivity index (χ3n) is 4.05. The molecule has 1 aliphatic rings. The van der Waals surface area contributed by atoms with Gasteiger partial charge in [-0.25, -0.2) is 8.42 Å². The van der Waals surface area contributed by atoms with Crippen molar-refractivity contribution in [2.45, 2.75) is 24.4 Å². The van der Waals surface area contributed by atoms with E-state index in [0.29, 0.717) is 19.6 Å². The van der Waals surface area contributed by atoms with Gasteiger partial charge in [0.2, 0.25) is 10.0 Å². The van der Waals surface area contributed by atoms with Crippen LogP contribution < -0.4 is 5.73 Å². The average Bonchev–Trinajstić information content (AvgIpc) is 2.81. The third kappa shape index (κ3) is 3.24. The Morgan fingerprint density at radius 3 is 2.52 bits per heavy atom. The van der Waals surface area contributed by atoms with E-state index in [1.165, 1.54) is 4.31 Å². The van der Waals surface area contributed by atoms with Crippen LogP contribution in [0, 0.1) is 5.92 Å². The standard InChI is InChI=1S/C14H22ClN3O2S/c1-10-8-18(9-13(10)17(2)3)21(19,20)14-5-4-11(7-16)6-12(14)15/h4-6,10,13H,7-9,16H2,1-3H3. The van der Waals surface area contributed by atoms with Crippen LogP contribution in [0.15, 0.2) is 23.1 Å². The van der Waals surface area contributed by atoms with Crippen molar-refractivity contribution in [1.29, 1.82) is 0 Å². The van der Waals surface area contributed by atoms with E-state index in [2.05, 4.69) is 11.8 Å². The lowest BCUT2D eigenvalue weighted by Gasteiger charge is -2.22. The Morgan fingerprint density at radius 2 is 2.05 bits per heavy atom. The first kappa shape index (κ1) is 16.7. The van der Waals surface area contributed by atoms with E-state index < -0.39 is 10.0 Å². The van der Waals surface area contributed by atoms with Gasteiger partial charge in [0.25, 0.3) is 0 Å². The summed E-state index contributed by atoms with van der Waals surface area (Å²) in [6.45, 7) is 3.41. The topological polar surface area (TPSA) is 66.6 Å². The number of nitrogens with zero attached hydrogens (tertiary/aromatic N) is 2. The van der Waals surface area contributed by atoms with Crippen LogP contribution in [0.3, 0.4) is 0 Å². The Kier molecular flexibility index (Phi) is 4.95. The molecule has 2 N–H and O–H groups in total. The number of halogens is 1. The number of benzene rings is 1. The predicted molar refractivity (Wildman–Crippen MR) is 84.7 cm³/mol. The molecule has 0 radical (unpaired) electrons. The van der Waals surface area contributed by atoms with Crippen LogP contribution in [0.1, 0.15) is 12.5 Å². The van der Waals surface area contributed by atoms with Gasteiger partial charge in [0.15, 0.2) is 0 Å². The van der Waals surface area contributed by atoms with Crippen LogP contribution in [0.5, 0.6) is 0 Å². The second kappa shape index (κ2) is 6.22. The fourth-order valence-corrected chi connectivity index (χ4v) is 4.89. The highest BCUT2D eigenvalue weighted by Crippen LogP contribution is 2.30. The van der Waals surface area contributed by atoms with Crippen LogP contribution >= 0.6 is 11.6 Å². The average molecular weight is 332 g/mol. The molecule has 1 aromatic rings. The minimum atomic E-state index is -3.56. The van der Waals surface area contributed by atoms with Crippen molar-refractivity contribution in [3.8, 4) is 0 Å². The maximum absolute atomic E-state index is 12.8. The maximum atomic E-state index is 12.8. The van der Waals surface area contributed by atoms with Crippen molar-refractivity contribution < 1.29 is 8.42 Å². The molecule has 0 aromatic heterocycles. The van der Waals surface area contributed by atoms with Gasteiger partial charge in [0.1, 0.15) is 4.90 Å². The Hall–Kier alpha value is -0.660. The molecule has 0 spiro atoms. The second-order valence-corrected chi connectivity index (χ2v) is 8.11. The van der Waals surface area contributed by atoms with E-state index in [1.54, 1.807) is 18.2 Å². The molecular formula is C14H22ClN3O2S. The number of likely N-dealkylation sites (N-methyl/N-ethyl adjacent to an activating group) is 1. The third-order valence-corrected chi connectivity index (χ3v) is 6.37. The SMILES string of the molecule is CC1CN(S(=O)(=O)c2ccc(CN)cc2Cl)CC1N(C)C. The summed E-state index contributed by atoms with van der Waals surface area (Å²) in [6.07, 6.45) is 0. The van der Waals surface area contributed by atoms with E-state index in [9.17, 15) is 8.42 Å². The first-order valence-electron chi connectivity index (χ1n) is 6.92. The predicted octanol–water partition coefficient (Wildman–Crippen LogP) is 1.37. The molecule has 1 aromatic carbocycles. The summed E-state index contributed by atoms with van der Waals surface area (Å²) >= 11 is 6.13. The van der Waals surface area contributed by atoms with E-state index >= 15 is 0 Å². The Morgan fingerprint density at radius 1 is 1.38 bits per heavy atom. The zero-order valence-electron chi connectivity index (χ0n) is 12.6. The van der Waals surface area contributed by atoms with Crippen molar-refractivity contribution in [3.05, 3.63) is 28.8 Å². The fourth-order valence-electron chi connectivity index (χ4n) is 2.79. The van der Waals surface area contributed by atoms with Gasteiger partial charge in [0.05, 0.1) is 5.02 Å². The maximum Gasteiger partial charge on any atom is 0.244 e. The van der Waals surface area contributed by atoms with E-state index in [-0.39, 0.29) is 21.9 Å². The lowest BCUT2D eigenvalue weighted by molar-refractivity contribution is 0.263. The van der Waals surface area contributed by atoms with E-state index in [4.69, 9.17) is 17.3 Å². The molecule has 2 rings (SSSR count). The summed E-state index contributed by atoms with van der Waals surface area (Å²) in [5.74, 6) is 0.289. The van der Waals surface area contributed by atoms with Crippen molar-refractivity contribution in [1.82, 2.24) is 9.21 Å². The molecule has 1 heterocycles. The second-order valence-electron chi connectivity index (χ2n) is 5.80. The summed E-state index contributed by atoms with van der Waals surface area (Å²) in [5.41, 5.74) is 6.37. The normalized spacial score (nSPS) is 23.9. The van der Waals surface area contributed by atoms with Gasteiger partial charge in [0, 0.05) is 25.7 Å². The van der Waals surface area contributed by atoms with Gasteiger partial charge >= 0.3 is 0 Å². The first-order valence-corrected chi connectivity index (χ1v) is 8.74.